The summed E-state index contributed by atoms with van der Waals surface area (Å²) in [7, 11) is 0. The van der Waals surface area contributed by atoms with Crippen LogP contribution in [0.1, 0.15) is 12.0 Å². The summed E-state index contributed by atoms with van der Waals surface area (Å²) in [4.78, 5) is 2.54. The minimum atomic E-state index is 0.262. The molecule has 68 heavy (non-hydrogen) atoms. The third-order valence-electron chi connectivity index (χ3n) is 14.1. The number of fused-ring (bicyclic) bond motifs is 6. The molecule has 1 aliphatic heterocycles. The first kappa shape index (κ1) is 39.6. The van der Waals surface area contributed by atoms with E-state index in [4.69, 9.17) is 0 Å². The van der Waals surface area contributed by atoms with Crippen LogP contribution in [0.15, 0.2) is 261 Å². The Hall–Kier alpha value is -8.72. The number of anilines is 2. The van der Waals surface area contributed by atoms with Crippen LogP contribution in [0.25, 0.3) is 99.8 Å². The minimum Gasteiger partial charge on any atom is -0.333 e. The van der Waals surface area contributed by atoms with Gasteiger partial charge in [0.15, 0.2) is 0 Å². The van der Waals surface area contributed by atoms with Gasteiger partial charge < -0.3 is 9.47 Å². The summed E-state index contributed by atoms with van der Waals surface area (Å²) in [5.41, 5.74) is 22.9. The third-order valence-corrected chi connectivity index (χ3v) is 14.1. The molecule has 0 radical (unpaired) electrons. The van der Waals surface area contributed by atoms with Crippen LogP contribution < -0.4 is 4.90 Å². The highest BCUT2D eigenvalue weighted by Crippen LogP contribution is 2.56. The van der Waals surface area contributed by atoms with Gasteiger partial charge in [0.05, 0.1) is 17.1 Å². The second kappa shape index (κ2) is 16.6. The number of benzene rings is 10. The van der Waals surface area contributed by atoms with Crippen LogP contribution in [0.4, 0.5) is 11.4 Å². The Morgan fingerprint density at radius 2 is 0.691 bits per heavy atom. The standard InChI is InChI=1S/C66H46N2/c1-5-21-45(22-6-1)61-62(46-23-7-2-8-24-46)66(50-39-43-52(44-40-50)68-59-35-19-15-31-55(59)56-32-16-20-36-60(56)68)64(48-27-11-4-12-28-48)63(47-25-9-3-10-26-47)65(61)49-37-41-51(42-38-49)67-57-33-17-13-29-53(57)54-30-14-18-34-58(54)67/h1-35,37-44,60H,36H2. The summed E-state index contributed by atoms with van der Waals surface area (Å²) in [5, 5.41) is 2.51. The monoisotopic (exact) mass is 866 g/mol. The smallest absolute Gasteiger partial charge is 0.0632 e. The van der Waals surface area contributed by atoms with E-state index in [0.29, 0.717) is 0 Å². The van der Waals surface area contributed by atoms with Gasteiger partial charge in [0.2, 0.25) is 0 Å². The number of para-hydroxylation sites is 3. The van der Waals surface area contributed by atoms with Gasteiger partial charge in [0.1, 0.15) is 0 Å². The van der Waals surface area contributed by atoms with Gasteiger partial charge in [-0.3, -0.25) is 0 Å². The van der Waals surface area contributed by atoms with Crippen molar-refractivity contribution >= 4 is 38.8 Å². The van der Waals surface area contributed by atoms with Crippen molar-refractivity contribution in [2.75, 3.05) is 4.90 Å². The molecule has 1 atom stereocenters. The molecule has 2 heteroatoms. The molecule has 10 aromatic carbocycles. The molecule has 1 aromatic heterocycles. The first-order chi connectivity index (χ1) is 33.8. The minimum absolute atomic E-state index is 0.262. The molecule has 2 aliphatic rings. The number of aromatic nitrogens is 1. The van der Waals surface area contributed by atoms with Crippen molar-refractivity contribution in [3.05, 3.63) is 266 Å². The van der Waals surface area contributed by atoms with Gasteiger partial charge in [-0.15, -0.1) is 0 Å². The van der Waals surface area contributed by atoms with Gasteiger partial charge >= 0.3 is 0 Å². The molecular formula is C66H46N2. The topological polar surface area (TPSA) is 8.17 Å². The number of hydrogen-bond donors (Lipinski definition) is 0. The van der Waals surface area contributed by atoms with Crippen LogP contribution >= 0.6 is 0 Å². The second-order valence-electron chi connectivity index (χ2n) is 17.9. The Bertz CT molecular complexity index is 3560. The number of allylic oxidation sites excluding steroid dienone is 2. The molecule has 0 spiro atoms. The summed E-state index contributed by atoms with van der Waals surface area (Å²) < 4.78 is 2.41. The summed E-state index contributed by atoms with van der Waals surface area (Å²) >= 11 is 0. The molecule has 13 rings (SSSR count). The van der Waals surface area contributed by atoms with Crippen LogP contribution in [0, 0.1) is 0 Å². The molecule has 2 heterocycles. The lowest BCUT2D eigenvalue weighted by atomic mass is 9.74. The molecule has 0 saturated carbocycles. The van der Waals surface area contributed by atoms with Crippen LogP contribution in [0.5, 0.6) is 0 Å². The average Bonchev–Trinajstić information content (AvgIpc) is 3.94. The number of hydrogen-bond acceptors (Lipinski definition) is 1. The largest absolute Gasteiger partial charge is 0.333 e. The Kier molecular flexibility index (Phi) is 9.68. The van der Waals surface area contributed by atoms with Crippen molar-refractivity contribution in [3.8, 4) is 72.4 Å². The Labute approximate surface area is 397 Å². The normalized spacial score (nSPS) is 14.0. The fraction of sp³-hybridized carbons (Fsp3) is 0.0303. The average molecular weight is 867 g/mol. The molecule has 0 amide bonds. The van der Waals surface area contributed by atoms with Gasteiger partial charge in [0, 0.05) is 33.4 Å². The van der Waals surface area contributed by atoms with E-state index in [1.807, 2.05) is 0 Å². The van der Waals surface area contributed by atoms with Crippen LogP contribution in [0.2, 0.25) is 0 Å². The van der Waals surface area contributed by atoms with Gasteiger partial charge in [-0.25, -0.2) is 0 Å². The van der Waals surface area contributed by atoms with Crippen LogP contribution in [0.3, 0.4) is 0 Å². The predicted molar refractivity (Wildman–Crippen MR) is 288 cm³/mol. The van der Waals surface area contributed by atoms with E-state index >= 15 is 0 Å². The molecule has 2 nitrogen and oxygen atoms in total. The zero-order valence-corrected chi connectivity index (χ0v) is 37.5. The zero-order valence-electron chi connectivity index (χ0n) is 37.5. The first-order valence-corrected chi connectivity index (χ1v) is 23.7. The molecule has 0 saturated heterocycles. The molecule has 0 N–H and O–H groups in total. The van der Waals surface area contributed by atoms with Crippen molar-refractivity contribution in [1.29, 1.82) is 0 Å². The zero-order chi connectivity index (χ0) is 45.0. The summed E-state index contributed by atoms with van der Waals surface area (Å²) in [6.07, 6.45) is 7.79. The van der Waals surface area contributed by atoms with E-state index in [1.165, 1.54) is 106 Å². The van der Waals surface area contributed by atoms with E-state index in [2.05, 4.69) is 270 Å². The number of nitrogens with zero attached hydrogens (tertiary/aromatic N) is 2. The van der Waals surface area contributed by atoms with Crippen molar-refractivity contribution in [1.82, 2.24) is 4.57 Å². The third kappa shape index (κ3) is 6.48. The first-order valence-electron chi connectivity index (χ1n) is 23.7. The number of rotatable bonds is 8. The van der Waals surface area contributed by atoms with Gasteiger partial charge in [0.25, 0.3) is 0 Å². The molecule has 1 aliphatic carbocycles. The van der Waals surface area contributed by atoms with E-state index in [1.54, 1.807) is 0 Å². The molecule has 11 aromatic rings. The van der Waals surface area contributed by atoms with Gasteiger partial charge in [-0.05, 0) is 121 Å². The van der Waals surface area contributed by atoms with Crippen molar-refractivity contribution < 1.29 is 0 Å². The maximum atomic E-state index is 2.54. The van der Waals surface area contributed by atoms with Crippen molar-refractivity contribution in [2.24, 2.45) is 0 Å². The lowest BCUT2D eigenvalue weighted by Gasteiger charge is -2.30. The van der Waals surface area contributed by atoms with Crippen molar-refractivity contribution in [2.45, 2.75) is 12.5 Å². The Balaban J connectivity index is 1.11. The summed E-state index contributed by atoms with van der Waals surface area (Å²) in [6, 6.07) is 89.7. The lowest BCUT2D eigenvalue weighted by Crippen LogP contribution is -2.27. The molecular weight excluding hydrogens is 821 g/mol. The van der Waals surface area contributed by atoms with Crippen molar-refractivity contribution in [3.63, 3.8) is 0 Å². The van der Waals surface area contributed by atoms with Gasteiger partial charge in [-0.2, -0.15) is 0 Å². The molecule has 0 bridgehead atoms. The highest BCUT2D eigenvalue weighted by atomic mass is 15.2. The maximum Gasteiger partial charge on any atom is 0.0632 e. The summed E-state index contributed by atoms with van der Waals surface area (Å²) in [5.74, 6) is 0. The SMILES string of the molecule is C1=CCC2C(=C1)c1ccccc1N2c1ccc(-c2c(-c3ccccc3)c(-c3ccccc3)c(-c3ccc(-n4c5ccccc5c5ccccc54)cc3)c(-c3ccccc3)c2-c2ccccc2)cc1. The van der Waals surface area contributed by atoms with Crippen LogP contribution in [-0.4, -0.2) is 10.6 Å². The predicted octanol–water partition coefficient (Wildman–Crippen LogP) is 17.6. The van der Waals surface area contributed by atoms with E-state index < -0.39 is 0 Å². The van der Waals surface area contributed by atoms with E-state index in [9.17, 15) is 0 Å². The highest BCUT2D eigenvalue weighted by molar-refractivity contribution is 6.15. The molecule has 1 unspecified atom stereocenters. The van der Waals surface area contributed by atoms with E-state index in [-0.39, 0.29) is 6.04 Å². The maximum absolute atomic E-state index is 2.54. The fourth-order valence-electron chi connectivity index (χ4n) is 11.2. The quantitative estimate of drug-likeness (QED) is 0.148. The Morgan fingerprint density at radius 1 is 0.324 bits per heavy atom. The van der Waals surface area contributed by atoms with Gasteiger partial charge in [-0.1, -0.05) is 218 Å². The summed E-state index contributed by atoms with van der Waals surface area (Å²) in [6.45, 7) is 0. The fourth-order valence-corrected chi connectivity index (χ4v) is 11.2. The molecule has 0 fully saturated rings. The van der Waals surface area contributed by atoms with Crippen LogP contribution in [-0.2, 0) is 0 Å². The lowest BCUT2D eigenvalue weighted by molar-refractivity contribution is 0.829. The molecule has 320 valence electrons. The highest BCUT2D eigenvalue weighted by Gasteiger charge is 2.35. The van der Waals surface area contributed by atoms with E-state index in [0.717, 1.165) is 17.7 Å². The second-order valence-corrected chi connectivity index (χ2v) is 17.9. The Morgan fingerprint density at radius 3 is 1.15 bits per heavy atom.